The van der Waals surface area contributed by atoms with Gasteiger partial charge in [0, 0.05) is 11.6 Å². The fraction of sp³-hybridized carbons (Fsp3) is 0.300. The van der Waals surface area contributed by atoms with E-state index in [1.165, 1.54) is 12.1 Å². The molecule has 2 rings (SSSR count). The molecule has 1 N–H and O–H groups in total. The number of hydrogen-bond acceptors (Lipinski definition) is 2. The lowest BCUT2D eigenvalue weighted by molar-refractivity contribution is 0.458. The van der Waals surface area contributed by atoms with Crippen molar-refractivity contribution in [2.24, 2.45) is 0 Å². The molecule has 1 aromatic rings. The smallest absolute Gasteiger partial charge is 0.126 e. The summed E-state index contributed by atoms with van der Waals surface area (Å²) in [6.45, 7) is 0. The second kappa shape index (κ2) is 2.46. The average Bonchev–Trinajstić information content (AvgIpc) is 2.85. The third kappa shape index (κ3) is 1.15. The van der Waals surface area contributed by atoms with Crippen molar-refractivity contribution in [1.82, 2.24) is 0 Å². The van der Waals surface area contributed by atoms with Crippen molar-refractivity contribution in [3.63, 3.8) is 0 Å². The van der Waals surface area contributed by atoms with Crippen LogP contribution in [0.2, 0.25) is 0 Å². The standard InChI is InChI=1S/C10H8FNO/c11-7-1-2-8(9(13)5-7)10(6-12)3-4-10/h1-2,5,13H,3-4H2. The van der Waals surface area contributed by atoms with Crippen molar-refractivity contribution in [3.05, 3.63) is 29.6 Å². The summed E-state index contributed by atoms with van der Waals surface area (Å²) in [6, 6.07) is 5.95. The summed E-state index contributed by atoms with van der Waals surface area (Å²) < 4.78 is 12.6. The molecule has 66 valence electrons. The van der Waals surface area contributed by atoms with Crippen LogP contribution in [0.25, 0.3) is 0 Å². The van der Waals surface area contributed by atoms with Gasteiger partial charge in [-0.05, 0) is 18.9 Å². The number of nitrogens with zero attached hydrogens (tertiary/aromatic N) is 1. The minimum atomic E-state index is -0.544. The van der Waals surface area contributed by atoms with Gasteiger partial charge < -0.3 is 5.11 Å². The molecule has 0 aliphatic heterocycles. The number of hydrogen-bond donors (Lipinski definition) is 1. The van der Waals surface area contributed by atoms with E-state index in [1.54, 1.807) is 0 Å². The second-order valence-corrected chi connectivity index (χ2v) is 3.36. The Kier molecular flexibility index (Phi) is 1.53. The van der Waals surface area contributed by atoms with E-state index in [-0.39, 0.29) is 5.75 Å². The predicted molar refractivity (Wildman–Crippen MR) is 44.6 cm³/mol. The molecule has 0 spiro atoms. The molecule has 1 fully saturated rings. The van der Waals surface area contributed by atoms with Gasteiger partial charge in [0.05, 0.1) is 11.5 Å². The Hall–Kier alpha value is -1.56. The Labute approximate surface area is 75.2 Å². The lowest BCUT2D eigenvalue weighted by Crippen LogP contribution is -2.02. The molecule has 0 amide bonds. The van der Waals surface area contributed by atoms with Gasteiger partial charge in [-0.25, -0.2) is 4.39 Å². The summed E-state index contributed by atoms with van der Waals surface area (Å²) >= 11 is 0. The molecule has 1 saturated carbocycles. The van der Waals surface area contributed by atoms with E-state index in [1.807, 2.05) is 0 Å². The summed E-state index contributed by atoms with van der Waals surface area (Å²) in [4.78, 5) is 0. The number of nitriles is 1. The molecule has 13 heavy (non-hydrogen) atoms. The molecule has 0 heterocycles. The maximum atomic E-state index is 12.6. The van der Waals surface area contributed by atoms with Crippen molar-refractivity contribution >= 4 is 0 Å². The summed E-state index contributed by atoms with van der Waals surface area (Å²) in [5.74, 6) is -0.589. The van der Waals surface area contributed by atoms with Gasteiger partial charge in [0.1, 0.15) is 11.6 Å². The number of phenolic OH excluding ortho intramolecular Hbond substituents is 1. The zero-order chi connectivity index (χ0) is 9.47. The maximum absolute atomic E-state index is 12.6. The Bertz CT molecular complexity index is 390. The first-order valence-electron chi connectivity index (χ1n) is 4.08. The van der Waals surface area contributed by atoms with Gasteiger partial charge in [-0.1, -0.05) is 6.07 Å². The van der Waals surface area contributed by atoms with Crippen LogP contribution in [-0.4, -0.2) is 5.11 Å². The summed E-state index contributed by atoms with van der Waals surface area (Å²) in [6.07, 6.45) is 1.51. The van der Waals surface area contributed by atoms with Crippen molar-refractivity contribution < 1.29 is 9.50 Å². The van der Waals surface area contributed by atoms with Gasteiger partial charge in [-0.2, -0.15) is 5.26 Å². The first kappa shape index (κ1) is 8.06. The summed E-state index contributed by atoms with van der Waals surface area (Å²) in [5, 5.41) is 18.3. The first-order valence-corrected chi connectivity index (χ1v) is 4.08. The van der Waals surface area contributed by atoms with Gasteiger partial charge in [0.25, 0.3) is 0 Å². The van der Waals surface area contributed by atoms with Gasteiger partial charge in [-0.3, -0.25) is 0 Å². The van der Waals surface area contributed by atoms with E-state index in [0.29, 0.717) is 5.56 Å². The maximum Gasteiger partial charge on any atom is 0.126 e. The van der Waals surface area contributed by atoms with Gasteiger partial charge in [0.15, 0.2) is 0 Å². The molecule has 0 atom stereocenters. The van der Waals surface area contributed by atoms with E-state index in [4.69, 9.17) is 5.26 Å². The highest BCUT2D eigenvalue weighted by Crippen LogP contribution is 2.50. The van der Waals surface area contributed by atoms with Crippen LogP contribution in [0.5, 0.6) is 5.75 Å². The minimum absolute atomic E-state index is 0.112. The topological polar surface area (TPSA) is 44.0 Å². The predicted octanol–water partition coefficient (Wildman–Crippen LogP) is 2.09. The highest BCUT2D eigenvalue weighted by Gasteiger charge is 2.46. The summed E-state index contributed by atoms with van der Waals surface area (Å²) in [5.41, 5.74) is 0.00836. The van der Waals surface area contributed by atoms with Gasteiger partial charge in [-0.15, -0.1) is 0 Å². The molecule has 0 saturated heterocycles. The third-order valence-corrected chi connectivity index (χ3v) is 2.44. The van der Waals surface area contributed by atoms with Crippen molar-refractivity contribution in [3.8, 4) is 11.8 Å². The highest BCUT2D eigenvalue weighted by molar-refractivity contribution is 5.47. The Balaban J connectivity index is 2.48. The van der Waals surface area contributed by atoms with Crippen LogP contribution in [0.3, 0.4) is 0 Å². The lowest BCUT2D eigenvalue weighted by atomic mass is 9.97. The van der Waals surface area contributed by atoms with E-state index in [2.05, 4.69) is 6.07 Å². The Morgan fingerprint density at radius 2 is 2.15 bits per heavy atom. The molecule has 2 nitrogen and oxygen atoms in total. The van der Waals surface area contributed by atoms with Crippen LogP contribution >= 0.6 is 0 Å². The first-order chi connectivity index (χ1) is 6.18. The molecule has 0 radical (unpaired) electrons. The van der Waals surface area contributed by atoms with E-state index in [9.17, 15) is 9.50 Å². The number of benzene rings is 1. The fourth-order valence-corrected chi connectivity index (χ4v) is 1.48. The van der Waals surface area contributed by atoms with Crippen molar-refractivity contribution in [2.45, 2.75) is 18.3 Å². The van der Waals surface area contributed by atoms with E-state index < -0.39 is 11.2 Å². The Morgan fingerprint density at radius 1 is 1.46 bits per heavy atom. The minimum Gasteiger partial charge on any atom is -0.508 e. The van der Waals surface area contributed by atoms with Crippen LogP contribution in [0.15, 0.2) is 18.2 Å². The molecular weight excluding hydrogens is 169 g/mol. The molecule has 0 bridgehead atoms. The van der Waals surface area contributed by atoms with Crippen LogP contribution < -0.4 is 0 Å². The number of halogens is 1. The van der Waals surface area contributed by atoms with Crippen LogP contribution in [0, 0.1) is 17.1 Å². The quantitative estimate of drug-likeness (QED) is 0.713. The largest absolute Gasteiger partial charge is 0.508 e. The van der Waals surface area contributed by atoms with Crippen LogP contribution in [0.1, 0.15) is 18.4 Å². The zero-order valence-electron chi connectivity index (χ0n) is 6.92. The molecule has 3 heteroatoms. The van der Waals surface area contributed by atoms with Crippen molar-refractivity contribution in [2.75, 3.05) is 0 Å². The SMILES string of the molecule is N#CC1(c2ccc(F)cc2O)CC1. The molecule has 1 aliphatic rings. The second-order valence-electron chi connectivity index (χ2n) is 3.36. The van der Waals surface area contributed by atoms with Gasteiger partial charge >= 0.3 is 0 Å². The van der Waals surface area contributed by atoms with E-state index >= 15 is 0 Å². The summed E-state index contributed by atoms with van der Waals surface area (Å²) in [7, 11) is 0. The third-order valence-electron chi connectivity index (χ3n) is 2.44. The number of aromatic hydroxyl groups is 1. The average molecular weight is 177 g/mol. The highest BCUT2D eigenvalue weighted by atomic mass is 19.1. The van der Waals surface area contributed by atoms with Crippen LogP contribution in [-0.2, 0) is 5.41 Å². The van der Waals surface area contributed by atoms with Gasteiger partial charge in [0.2, 0.25) is 0 Å². The van der Waals surface area contributed by atoms with E-state index in [0.717, 1.165) is 18.9 Å². The molecule has 1 aliphatic carbocycles. The zero-order valence-corrected chi connectivity index (χ0v) is 6.92. The normalized spacial score (nSPS) is 17.8. The molecule has 0 unspecified atom stereocenters. The molecular formula is C10H8FNO. The monoisotopic (exact) mass is 177 g/mol. The number of phenols is 1. The Morgan fingerprint density at radius 3 is 2.62 bits per heavy atom. The number of rotatable bonds is 1. The van der Waals surface area contributed by atoms with Crippen LogP contribution in [0.4, 0.5) is 4.39 Å². The molecule has 0 aromatic heterocycles. The van der Waals surface area contributed by atoms with Crippen molar-refractivity contribution in [1.29, 1.82) is 5.26 Å². The molecule has 1 aromatic carbocycles. The fourth-order valence-electron chi connectivity index (χ4n) is 1.48. The lowest BCUT2D eigenvalue weighted by Gasteiger charge is -2.07.